The third-order valence-corrected chi connectivity index (χ3v) is 3.99. The molecule has 0 radical (unpaired) electrons. The third-order valence-electron chi connectivity index (χ3n) is 3.16. The minimum absolute atomic E-state index is 0.345. The van der Waals surface area contributed by atoms with Crippen molar-refractivity contribution >= 4 is 50.6 Å². The molecular weight excluding hydrogens is 366 g/mol. The van der Waals surface area contributed by atoms with Crippen molar-refractivity contribution in [1.29, 1.82) is 0 Å². The maximum absolute atomic E-state index is 12.0. The van der Waals surface area contributed by atoms with Crippen LogP contribution in [0.2, 0.25) is 5.02 Å². The lowest BCUT2D eigenvalue weighted by atomic mass is 10.2. The van der Waals surface area contributed by atoms with Crippen LogP contribution >= 0.6 is 27.5 Å². The molecule has 1 aromatic heterocycles. The Hall–Kier alpha value is -2.11. The number of hydrazone groups is 1. The monoisotopic (exact) mass is 375 g/mol. The summed E-state index contributed by atoms with van der Waals surface area (Å²) in [5, 5.41) is 5.41. The Morgan fingerprint density at radius 2 is 2.09 bits per heavy atom. The van der Waals surface area contributed by atoms with E-state index in [2.05, 4.69) is 31.4 Å². The van der Waals surface area contributed by atoms with Crippen molar-refractivity contribution in [2.75, 3.05) is 0 Å². The van der Waals surface area contributed by atoms with Crippen LogP contribution in [0.3, 0.4) is 0 Å². The number of nitrogens with zero attached hydrogens (tertiary/aromatic N) is 1. The van der Waals surface area contributed by atoms with Crippen molar-refractivity contribution < 1.29 is 4.79 Å². The van der Waals surface area contributed by atoms with Crippen LogP contribution in [0.5, 0.6) is 0 Å². The number of hydrogen-bond donors (Lipinski definition) is 2. The fourth-order valence-electron chi connectivity index (χ4n) is 2.09. The number of H-pyrrole nitrogens is 1. The van der Waals surface area contributed by atoms with E-state index in [0.717, 1.165) is 20.9 Å². The van der Waals surface area contributed by atoms with E-state index in [1.165, 1.54) is 0 Å². The molecule has 4 nitrogen and oxygen atoms in total. The molecule has 0 aliphatic rings. The Bertz CT molecular complexity index is 873. The number of amides is 1. The van der Waals surface area contributed by atoms with Crippen molar-refractivity contribution in [3.8, 4) is 0 Å². The van der Waals surface area contributed by atoms with Crippen LogP contribution in [0.4, 0.5) is 0 Å². The number of fused-ring (bicyclic) bond motifs is 1. The van der Waals surface area contributed by atoms with Crippen LogP contribution in [0.1, 0.15) is 15.9 Å². The lowest BCUT2D eigenvalue weighted by molar-refractivity contribution is 0.0955. The molecular formula is C16H11BrClN3O. The first kappa shape index (κ1) is 14.8. The summed E-state index contributed by atoms with van der Waals surface area (Å²) >= 11 is 9.41. The predicted molar refractivity (Wildman–Crippen MR) is 92.5 cm³/mol. The average molecular weight is 377 g/mol. The van der Waals surface area contributed by atoms with Gasteiger partial charge in [-0.25, -0.2) is 5.43 Å². The zero-order valence-corrected chi connectivity index (χ0v) is 13.6. The molecule has 2 aromatic carbocycles. The van der Waals surface area contributed by atoms with E-state index in [9.17, 15) is 4.79 Å². The summed E-state index contributed by atoms with van der Waals surface area (Å²) in [5.74, 6) is -0.345. The minimum atomic E-state index is -0.345. The Kier molecular flexibility index (Phi) is 4.27. The van der Waals surface area contributed by atoms with Gasteiger partial charge >= 0.3 is 0 Å². The molecule has 3 aromatic rings. The second kappa shape index (κ2) is 6.34. The molecule has 1 heterocycles. The van der Waals surface area contributed by atoms with E-state index in [0.29, 0.717) is 10.6 Å². The molecule has 22 heavy (non-hydrogen) atoms. The van der Waals surface area contributed by atoms with E-state index in [1.54, 1.807) is 30.5 Å². The number of carbonyl (C=O) groups is 1. The maximum Gasteiger partial charge on any atom is 0.272 e. The SMILES string of the molecule is O=C(N/N=C\c1c[nH]c2ccc(Br)cc12)c1ccccc1Cl. The molecule has 0 saturated heterocycles. The van der Waals surface area contributed by atoms with Crippen molar-refractivity contribution in [1.82, 2.24) is 10.4 Å². The maximum atomic E-state index is 12.0. The highest BCUT2D eigenvalue weighted by atomic mass is 79.9. The third kappa shape index (κ3) is 3.05. The molecule has 1 amide bonds. The van der Waals surface area contributed by atoms with Gasteiger partial charge in [-0.05, 0) is 30.3 Å². The zero-order chi connectivity index (χ0) is 15.5. The van der Waals surface area contributed by atoms with Crippen LogP contribution in [-0.4, -0.2) is 17.1 Å². The number of carbonyl (C=O) groups excluding carboxylic acids is 1. The van der Waals surface area contributed by atoms with Gasteiger partial charge in [0.05, 0.1) is 16.8 Å². The summed E-state index contributed by atoms with van der Waals surface area (Å²) in [6, 6.07) is 12.8. The van der Waals surface area contributed by atoms with E-state index < -0.39 is 0 Å². The second-order valence-electron chi connectivity index (χ2n) is 4.61. The molecule has 6 heteroatoms. The summed E-state index contributed by atoms with van der Waals surface area (Å²) in [7, 11) is 0. The first-order valence-corrected chi connectivity index (χ1v) is 7.67. The van der Waals surface area contributed by atoms with Gasteiger partial charge in [-0.15, -0.1) is 0 Å². The fraction of sp³-hybridized carbons (Fsp3) is 0. The highest BCUT2D eigenvalue weighted by Gasteiger charge is 2.08. The lowest BCUT2D eigenvalue weighted by Gasteiger charge is -2.01. The highest BCUT2D eigenvalue weighted by molar-refractivity contribution is 9.10. The summed E-state index contributed by atoms with van der Waals surface area (Å²) in [5.41, 5.74) is 4.76. The molecule has 0 aliphatic heterocycles. The Balaban J connectivity index is 1.78. The van der Waals surface area contributed by atoms with Crippen molar-refractivity contribution in [3.63, 3.8) is 0 Å². The van der Waals surface area contributed by atoms with Gasteiger partial charge in [0.25, 0.3) is 5.91 Å². The molecule has 2 N–H and O–H groups in total. The highest BCUT2D eigenvalue weighted by Crippen LogP contribution is 2.21. The Morgan fingerprint density at radius 1 is 1.27 bits per heavy atom. The number of aromatic amines is 1. The summed E-state index contributed by atoms with van der Waals surface area (Å²) < 4.78 is 0.981. The Labute approximate surface area is 140 Å². The Morgan fingerprint density at radius 3 is 2.91 bits per heavy atom. The summed E-state index contributed by atoms with van der Waals surface area (Å²) in [6.07, 6.45) is 3.43. The van der Waals surface area contributed by atoms with Gasteiger partial charge < -0.3 is 4.98 Å². The molecule has 0 bridgehead atoms. The molecule has 0 atom stereocenters. The fourth-order valence-corrected chi connectivity index (χ4v) is 2.67. The normalized spacial score (nSPS) is 11.2. The van der Waals surface area contributed by atoms with Crippen LogP contribution in [0, 0.1) is 0 Å². The molecule has 0 aliphatic carbocycles. The zero-order valence-electron chi connectivity index (χ0n) is 11.3. The van der Waals surface area contributed by atoms with Crippen molar-refractivity contribution in [3.05, 3.63) is 69.3 Å². The average Bonchev–Trinajstić information content (AvgIpc) is 2.90. The van der Waals surface area contributed by atoms with Crippen LogP contribution in [0.25, 0.3) is 10.9 Å². The molecule has 3 rings (SSSR count). The topological polar surface area (TPSA) is 57.2 Å². The van der Waals surface area contributed by atoms with Gasteiger partial charge in [-0.3, -0.25) is 4.79 Å². The molecule has 0 fully saturated rings. The van der Waals surface area contributed by atoms with Gasteiger partial charge in [-0.2, -0.15) is 5.10 Å². The van der Waals surface area contributed by atoms with Gasteiger partial charge in [0.1, 0.15) is 0 Å². The van der Waals surface area contributed by atoms with E-state index in [1.807, 2.05) is 24.4 Å². The summed E-state index contributed by atoms with van der Waals surface area (Å²) in [6.45, 7) is 0. The smallest absolute Gasteiger partial charge is 0.272 e. The van der Waals surface area contributed by atoms with Crippen LogP contribution in [0.15, 0.2) is 58.2 Å². The second-order valence-corrected chi connectivity index (χ2v) is 5.94. The number of nitrogens with one attached hydrogen (secondary N) is 2. The largest absolute Gasteiger partial charge is 0.361 e. The van der Waals surface area contributed by atoms with Gasteiger partial charge in [0.2, 0.25) is 0 Å². The van der Waals surface area contributed by atoms with Gasteiger partial charge in [0, 0.05) is 27.1 Å². The molecule has 0 saturated carbocycles. The van der Waals surface area contributed by atoms with Crippen LogP contribution in [-0.2, 0) is 0 Å². The standard InChI is InChI=1S/C16H11BrClN3O/c17-11-5-6-15-13(7-11)10(8-19-15)9-20-21-16(22)12-3-1-2-4-14(12)18/h1-9,19H,(H,21,22)/b20-9-. The number of halogens is 2. The van der Waals surface area contributed by atoms with Gasteiger partial charge in [0.15, 0.2) is 0 Å². The predicted octanol–water partition coefficient (Wildman–Crippen LogP) is 4.35. The number of benzene rings is 2. The summed E-state index contributed by atoms with van der Waals surface area (Å²) in [4.78, 5) is 15.1. The van der Waals surface area contributed by atoms with E-state index in [-0.39, 0.29) is 5.91 Å². The van der Waals surface area contributed by atoms with E-state index >= 15 is 0 Å². The number of hydrogen-bond acceptors (Lipinski definition) is 2. The van der Waals surface area contributed by atoms with E-state index in [4.69, 9.17) is 11.6 Å². The number of aromatic nitrogens is 1. The quantitative estimate of drug-likeness (QED) is 0.518. The van der Waals surface area contributed by atoms with Gasteiger partial charge in [-0.1, -0.05) is 39.7 Å². The van der Waals surface area contributed by atoms with Crippen molar-refractivity contribution in [2.24, 2.45) is 5.10 Å². The first-order chi connectivity index (χ1) is 10.6. The number of rotatable bonds is 3. The molecule has 110 valence electrons. The minimum Gasteiger partial charge on any atom is -0.361 e. The first-order valence-electron chi connectivity index (χ1n) is 6.50. The lowest BCUT2D eigenvalue weighted by Crippen LogP contribution is -2.17. The van der Waals surface area contributed by atoms with Crippen LogP contribution < -0.4 is 5.43 Å². The molecule has 0 spiro atoms. The van der Waals surface area contributed by atoms with Crippen molar-refractivity contribution in [2.45, 2.75) is 0 Å². The molecule has 0 unspecified atom stereocenters.